The third-order valence-corrected chi connectivity index (χ3v) is 1.66. The second-order valence-corrected chi connectivity index (χ2v) is 2.92. The predicted molar refractivity (Wildman–Crippen MR) is 50.9 cm³/mol. The molecule has 1 rings (SSSR count). The summed E-state index contributed by atoms with van der Waals surface area (Å²) in [5.41, 5.74) is 3.06. The van der Waals surface area contributed by atoms with E-state index < -0.39 is 0 Å². The fraction of sp³-hybridized carbons (Fsp3) is 0.182. The zero-order valence-electron chi connectivity index (χ0n) is 7.37. The maximum atomic E-state index is 10.3. The molecule has 0 amide bonds. The second kappa shape index (κ2) is 3.86. The number of hydrogen-bond donors (Lipinski definition) is 0. The first kappa shape index (κ1) is 8.72. The summed E-state index contributed by atoms with van der Waals surface area (Å²) in [6.45, 7) is 3.84. The van der Waals surface area contributed by atoms with Crippen LogP contribution in [0.15, 0.2) is 29.8 Å². The van der Waals surface area contributed by atoms with Gasteiger partial charge in [-0.15, -0.1) is 0 Å². The number of rotatable bonds is 2. The van der Waals surface area contributed by atoms with E-state index in [0.29, 0.717) is 0 Å². The van der Waals surface area contributed by atoms with Crippen molar-refractivity contribution in [2.75, 3.05) is 0 Å². The summed E-state index contributed by atoms with van der Waals surface area (Å²) >= 11 is 0. The lowest BCUT2D eigenvalue weighted by atomic mass is 10.1. The average Bonchev–Trinajstić information content (AvgIpc) is 2.09. The van der Waals surface area contributed by atoms with E-state index in [1.54, 1.807) is 6.92 Å². The van der Waals surface area contributed by atoms with Crippen LogP contribution in [0.4, 0.5) is 0 Å². The Morgan fingerprint density at radius 3 is 2.33 bits per heavy atom. The van der Waals surface area contributed by atoms with Gasteiger partial charge in [-0.3, -0.25) is 4.79 Å². The van der Waals surface area contributed by atoms with Crippen molar-refractivity contribution in [1.29, 1.82) is 0 Å². The lowest BCUT2D eigenvalue weighted by molar-refractivity contribution is -0.104. The molecule has 1 heteroatoms. The summed E-state index contributed by atoms with van der Waals surface area (Å²) in [6, 6.07) is 8.07. The Morgan fingerprint density at radius 2 is 1.83 bits per heavy atom. The van der Waals surface area contributed by atoms with Crippen LogP contribution >= 0.6 is 0 Å². The van der Waals surface area contributed by atoms with Gasteiger partial charge in [0.15, 0.2) is 0 Å². The Morgan fingerprint density at radius 1 is 1.25 bits per heavy atom. The lowest BCUT2D eigenvalue weighted by Crippen LogP contribution is -1.78. The van der Waals surface area contributed by atoms with Crippen LogP contribution in [0, 0.1) is 6.92 Å². The number of aryl methyl sites for hydroxylation is 1. The van der Waals surface area contributed by atoms with Gasteiger partial charge in [-0.05, 0) is 31.1 Å². The number of carbonyl (C=O) groups excluding carboxylic acids is 1. The minimum atomic E-state index is 0.749. The minimum Gasteiger partial charge on any atom is -0.298 e. The average molecular weight is 160 g/mol. The summed E-state index contributed by atoms with van der Waals surface area (Å²) in [4.78, 5) is 10.3. The van der Waals surface area contributed by atoms with E-state index in [1.165, 1.54) is 5.56 Å². The van der Waals surface area contributed by atoms with Crippen LogP contribution in [0.3, 0.4) is 0 Å². The number of carbonyl (C=O) groups is 1. The van der Waals surface area contributed by atoms with Gasteiger partial charge >= 0.3 is 0 Å². The number of hydrogen-bond acceptors (Lipinski definition) is 1. The van der Waals surface area contributed by atoms with Crippen molar-refractivity contribution < 1.29 is 4.79 Å². The van der Waals surface area contributed by atoms with Gasteiger partial charge in [0, 0.05) is 0 Å². The Bertz CT molecular complexity index is 293. The molecule has 1 nitrogen and oxygen atoms in total. The normalized spacial score (nSPS) is 11.3. The van der Waals surface area contributed by atoms with E-state index in [0.717, 1.165) is 17.4 Å². The van der Waals surface area contributed by atoms with Crippen LogP contribution < -0.4 is 0 Å². The topological polar surface area (TPSA) is 17.1 Å². The molecule has 0 heterocycles. The summed E-state index contributed by atoms with van der Waals surface area (Å²) in [7, 11) is 0. The molecule has 12 heavy (non-hydrogen) atoms. The van der Waals surface area contributed by atoms with Crippen LogP contribution in [-0.2, 0) is 4.79 Å². The molecule has 0 aromatic heterocycles. The molecule has 0 fully saturated rings. The minimum absolute atomic E-state index is 0.749. The Kier molecular flexibility index (Phi) is 2.81. The molecule has 0 N–H and O–H groups in total. The molecule has 62 valence electrons. The largest absolute Gasteiger partial charge is 0.298 e. The molecule has 1 aromatic rings. The Labute approximate surface area is 72.7 Å². The van der Waals surface area contributed by atoms with Crippen LogP contribution in [0.25, 0.3) is 6.08 Å². The van der Waals surface area contributed by atoms with E-state index >= 15 is 0 Å². The summed E-state index contributed by atoms with van der Waals surface area (Å²) in [6.07, 6.45) is 2.73. The molecule has 0 saturated carbocycles. The van der Waals surface area contributed by atoms with E-state index in [-0.39, 0.29) is 0 Å². The smallest absolute Gasteiger partial charge is 0.145 e. The van der Waals surface area contributed by atoms with Gasteiger partial charge in [0.25, 0.3) is 0 Å². The van der Waals surface area contributed by atoms with Gasteiger partial charge in [0.1, 0.15) is 6.29 Å². The van der Waals surface area contributed by atoms with Gasteiger partial charge in [0.2, 0.25) is 0 Å². The number of benzene rings is 1. The van der Waals surface area contributed by atoms with Gasteiger partial charge in [0.05, 0.1) is 0 Å². The van der Waals surface area contributed by atoms with Crippen molar-refractivity contribution in [2.45, 2.75) is 13.8 Å². The third-order valence-electron chi connectivity index (χ3n) is 1.66. The van der Waals surface area contributed by atoms with Crippen molar-refractivity contribution >= 4 is 12.4 Å². The predicted octanol–water partition coefficient (Wildman–Crippen LogP) is 2.60. The molecule has 0 aliphatic rings. The van der Waals surface area contributed by atoms with Crippen LogP contribution in [0.1, 0.15) is 18.1 Å². The van der Waals surface area contributed by atoms with Gasteiger partial charge < -0.3 is 0 Å². The SMILES string of the molecule is C/C(C=O)=C/c1ccc(C)cc1. The van der Waals surface area contributed by atoms with Crippen molar-refractivity contribution in [3.05, 3.63) is 41.0 Å². The zero-order chi connectivity index (χ0) is 8.97. The van der Waals surface area contributed by atoms with Gasteiger partial charge in [-0.1, -0.05) is 29.8 Å². The number of allylic oxidation sites excluding steroid dienone is 1. The highest BCUT2D eigenvalue weighted by molar-refractivity contribution is 5.80. The highest BCUT2D eigenvalue weighted by Crippen LogP contribution is 2.06. The van der Waals surface area contributed by atoms with Crippen molar-refractivity contribution in [2.24, 2.45) is 0 Å². The maximum absolute atomic E-state index is 10.3. The maximum Gasteiger partial charge on any atom is 0.145 e. The number of aldehydes is 1. The molecule has 0 radical (unpaired) electrons. The van der Waals surface area contributed by atoms with E-state index in [4.69, 9.17) is 0 Å². The van der Waals surface area contributed by atoms with E-state index in [9.17, 15) is 4.79 Å². The van der Waals surface area contributed by atoms with Gasteiger partial charge in [-0.2, -0.15) is 0 Å². The third kappa shape index (κ3) is 2.35. The highest BCUT2D eigenvalue weighted by Gasteiger charge is 1.88. The molecular formula is C11H12O. The highest BCUT2D eigenvalue weighted by atomic mass is 16.1. The summed E-state index contributed by atoms with van der Waals surface area (Å²) in [5, 5.41) is 0. The molecule has 0 unspecified atom stereocenters. The first-order valence-corrected chi connectivity index (χ1v) is 3.92. The molecule has 0 aliphatic carbocycles. The van der Waals surface area contributed by atoms with Crippen LogP contribution in [0.5, 0.6) is 0 Å². The van der Waals surface area contributed by atoms with Gasteiger partial charge in [-0.25, -0.2) is 0 Å². The molecule has 0 atom stereocenters. The van der Waals surface area contributed by atoms with Crippen molar-refractivity contribution in [1.82, 2.24) is 0 Å². The first-order valence-electron chi connectivity index (χ1n) is 3.92. The molecule has 0 saturated heterocycles. The second-order valence-electron chi connectivity index (χ2n) is 2.92. The molecule has 0 aliphatic heterocycles. The zero-order valence-corrected chi connectivity index (χ0v) is 7.37. The van der Waals surface area contributed by atoms with Crippen molar-refractivity contribution in [3.8, 4) is 0 Å². The fourth-order valence-corrected chi connectivity index (χ4v) is 0.960. The Hall–Kier alpha value is -1.37. The van der Waals surface area contributed by atoms with Crippen molar-refractivity contribution in [3.63, 3.8) is 0 Å². The van der Waals surface area contributed by atoms with Crippen LogP contribution in [-0.4, -0.2) is 6.29 Å². The quantitative estimate of drug-likeness (QED) is 0.480. The van der Waals surface area contributed by atoms with Crippen LogP contribution in [0.2, 0.25) is 0 Å². The molecular weight excluding hydrogens is 148 g/mol. The molecule has 1 aromatic carbocycles. The summed E-state index contributed by atoms with van der Waals surface area (Å²) in [5.74, 6) is 0. The summed E-state index contributed by atoms with van der Waals surface area (Å²) < 4.78 is 0. The molecule has 0 spiro atoms. The van der Waals surface area contributed by atoms with E-state index in [2.05, 4.69) is 0 Å². The first-order chi connectivity index (χ1) is 5.72. The fourth-order valence-electron chi connectivity index (χ4n) is 0.960. The standard InChI is InChI=1S/C11H12O/c1-9-3-5-11(6-4-9)7-10(2)8-12/h3-8H,1-2H3/b10-7-. The molecule has 0 bridgehead atoms. The monoisotopic (exact) mass is 160 g/mol. The lowest BCUT2D eigenvalue weighted by Gasteiger charge is -1.94. The van der Waals surface area contributed by atoms with E-state index in [1.807, 2.05) is 37.3 Å². The Balaban J connectivity index is 2.91.